The molecule has 51 heavy (non-hydrogen) atoms. The van der Waals surface area contributed by atoms with Crippen LogP contribution in [0.4, 0.5) is 17.2 Å². The van der Waals surface area contributed by atoms with E-state index in [-0.39, 0.29) is 11.6 Å². The van der Waals surface area contributed by atoms with E-state index in [9.17, 15) is 9.59 Å². The third-order valence-corrected chi connectivity index (χ3v) is 10.4. The Morgan fingerprint density at radius 2 is 1.59 bits per heavy atom. The molecule has 7 rings (SSSR count). The lowest BCUT2D eigenvalue weighted by atomic mass is 9.88. The molecular weight excluding hydrogens is 642 g/mol. The number of benzene rings is 3. The minimum absolute atomic E-state index is 0.191. The van der Waals surface area contributed by atoms with Crippen LogP contribution >= 0.6 is 0 Å². The van der Waals surface area contributed by atoms with E-state index >= 15 is 0 Å². The van der Waals surface area contributed by atoms with Gasteiger partial charge in [-0.2, -0.15) is 0 Å². The number of carbonyl (C=O) groups excluding carboxylic acids is 2. The topological polar surface area (TPSA) is 106 Å². The van der Waals surface area contributed by atoms with Crippen molar-refractivity contribution in [1.82, 2.24) is 14.9 Å². The van der Waals surface area contributed by atoms with Gasteiger partial charge in [-0.05, 0) is 118 Å². The highest BCUT2D eigenvalue weighted by atomic mass is 16.5. The summed E-state index contributed by atoms with van der Waals surface area (Å²) in [4.78, 5) is 39.5. The second-order valence-electron chi connectivity index (χ2n) is 13.8. The van der Waals surface area contributed by atoms with Crippen molar-refractivity contribution in [2.45, 2.75) is 32.1 Å². The van der Waals surface area contributed by atoms with Crippen LogP contribution < -0.4 is 24.4 Å². The summed E-state index contributed by atoms with van der Waals surface area (Å²) in [6.07, 6.45) is 10.8. The number of likely N-dealkylation sites (tertiary alicyclic amines) is 1. The minimum Gasteiger partial charge on any atom is -0.496 e. The van der Waals surface area contributed by atoms with E-state index in [2.05, 4.69) is 44.3 Å². The van der Waals surface area contributed by atoms with Gasteiger partial charge in [-0.15, -0.1) is 0 Å². The molecule has 0 spiro atoms. The molecular formula is C41H45N5O5. The summed E-state index contributed by atoms with van der Waals surface area (Å²) in [6, 6.07) is 18.0. The lowest BCUT2D eigenvalue weighted by molar-refractivity contribution is -0.113. The van der Waals surface area contributed by atoms with Crippen molar-refractivity contribution < 1.29 is 23.8 Å². The smallest absolute Gasteiger partial charge is 0.186 e. The molecule has 3 aromatic carbocycles. The molecule has 1 aromatic heterocycles. The summed E-state index contributed by atoms with van der Waals surface area (Å²) in [7, 11) is 5.51. The predicted molar refractivity (Wildman–Crippen MR) is 200 cm³/mol. The fraction of sp³-hybridized carbons (Fsp3) is 0.366. The fourth-order valence-corrected chi connectivity index (χ4v) is 7.39. The second kappa shape index (κ2) is 15.3. The van der Waals surface area contributed by atoms with Crippen molar-refractivity contribution >= 4 is 45.2 Å². The van der Waals surface area contributed by atoms with E-state index in [1.54, 1.807) is 14.2 Å². The molecule has 264 valence electrons. The molecule has 0 saturated carbocycles. The lowest BCUT2D eigenvalue weighted by Gasteiger charge is -2.35. The molecule has 1 aliphatic carbocycles. The van der Waals surface area contributed by atoms with Gasteiger partial charge < -0.3 is 29.3 Å². The highest BCUT2D eigenvalue weighted by Crippen LogP contribution is 2.38. The van der Waals surface area contributed by atoms with Crippen molar-refractivity contribution in [1.29, 1.82) is 0 Å². The Morgan fingerprint density at radius 1 is 0.824 bits per heavy atom. The predicted octanol–water partition coefficient (Wildman–Crippen LogP) is 6.66. The Morgan fingerprint density at radius 3 is 2.37 bits per heavy atom. The molecule has 3 heterocycles. The number of aromatic nitrogens is 2. The van der Waals surface area contributed by atoms with E-state index in [4.69, 9.17) is 14.2 Å². The molecule has 0 radical (unpaired) electrons. The van der Waals surface area contributed by atoms with Crippen molar-refractivity contribution in [2.75, 3.05) is 64.3 Å². The maximum Gasteiger partial charge on any atom is 0.186 e. The van der Waals surface area contributed by atoms with Crippen molar-refractivity contribution in [2.24, 2.45) is 11.8 Å². The number of ether oxygens (including phenoxy) is 3. The Labute approximate surface area is 299 Å². The number of piperidine rings is 2. The first-order chi connectivity index (χ1) is 24.9. The van der Waals surface area contributed by atoms with Gasteiger partial charge >= 0.3 is 0 Å². The van der Waals surface area contributed by atoms with Crippen LogP contribution in [-0.2, 0) is 16.0 Å². The van der Waals surface area contributed by atoms with E-state index in [0.717, 1.165) is 86.3 Å². The first kappa shape index (κ1) is 34.2. The van der Waals surface area contributed by atoms with Crippen LogP contribution in [0, 0.1) is 11.8 Å². The standard InChI is InChI=1S/C41H45N5O5/c1-45-16-12-28(13-17-45)25-51-40-24-35-34(23-39(40)50-3)41(43-26-42-35)44-30-8-10-36(32(21-30)33-22-31(47)9-11-37(33)48)46-18-14-27(15-19-46)20-29-6-4-5-7-38(29)49-2/h4-11,21-24,26-28H,12-20,25H2,1-3H3,(H,42,43,44). The number of allylic oxidation sites excluding steroid dienone is 4. The lowest BCUT2D eigenvalue weighted by Crippen LogP contribution is -2.35. The van der Waals surface area contributed by atoms with E-state index in [1.807, 2.05) is 42.5 Å². The summed E-state index contributed by atoms with van der Waals surface area (Å²) in [5.74, 6) is 3.42. The maximum absolute atomic E-state index is 13.2. The maximum atomic E-state index is 13.2. The van der Waals surface area contributed by atoms with Gasteiger partial charge in [0.2, 0.25) is 0 Å². The van der Waals surface area contributed by atoms with E-state index in [1.165, 1.54) is 30.1 Å². The summed E-state index contributed by atoms with van der Waals surface area (Å²) in [5, 5.41) is 4.24. The Hall–Kier alpha value is -5.22. The quantitative estimate of drug-likeness (QED) is 0.172. The highest BCUT2D eigenvalue weighted by molar-refractivity contribution is 6.34. The molecule has 2 aliphatic heterocycles. The number of para-hydroxylation sites is 1. The Kier molecular flexibility index (Phi) is 10.3. The molecule has 10 heteroatoms. The third kappa shape index (κ3) is 7.76. The number of hydrogen-bond donors (Lipinski definition) is 1. The molecule has 2 fully saturated rings. The summed E-state index contributed by atoms with van der Waals surface area (Å²) in [6.45, 7) is 4.46. The number of anilines is 3. The molecule has 2 saturated heterocycles. The van der Waals surface area contributed by atoms with Gasteiger partial charge in [0.25, 0.3) is 0 Å². The first-order valence-corrected chi connectivity index (χ1v) is 17.8. The largest absolute Gasteiger partial charge is 0.496 e. The van der Waals surface area contributed by atoms with Crippen LogP contribution in [0.3, 0.4) is 0 Å². The zero-order chi connectivity index (χ0) is 35.3. The average Bonchev–Trinajstić information content (AvgIpc) is 3.16. The van der Waals surface area contributed by atoms with Crippen LogP contribution in [0.1, 0.15) is 36.8 Å². The second-order valence-corrected chi connectivity index (χ2v) is 13.8. The van der Waals surface area contributed by atoms with Gasteiger partial charge in [-0.25, -0.2) is 9.97 Å². The van der Waals surface area contributed by atoms with Crippen molar-refractivity contribution in [3.05, 3.63) is 90.3 Å². The van der Waals surface area contributed by atoms with Gasteiger partial charge in [0.15, 0.2) is 23.1 Å². The number of methoxy groups -OCH3 is 2. The van der Waals surface area contributed by atoms with Crippen molar-refractivity contribution in [3.63, 3.8) is 0 Å². The number of nitrogens with one attached hydrogen (secondary N) is 1. The molecule has 1 N–H and O–H groups in total. The van der Waals surface area contributed by atoms with Gasteiger partial charge in [0.05, 0.1) is 26.3 Å². The van der Waals surface area contributed by atoms with Crippen LogP contribution in [0.2, 0.25) is 0 Å². The number of rotatable bonds is 11. The molecule has 4 aromatic rings. The highest BCUT2D eigenvalue weighted by Gasteiger charge is 2.26. The van der Waals surface area contributed by atoms with Gasteiger partial charge in [-0.1, -0.05) is 18.2 Å². The number of nitrogens with zero attached hydrogens (tertiary/aromatic N) is 4. The summed E-state index contributed by atoms with van der Waals surface area (Å²) < 4.78 is 17.6. The van der Waals surface area contributed by atoms with Gasteiger partial charge in [0, 0.05) is 47.1 Å². The summed E-state index contributed by atoms with van der Waals surface area (Å²) in [5.41, 5.74) is 4.71. The molecule has 3 aliphatic rings. The minimum atomic E-state index is -0.202. The number of ketones is 2. The first-order valence-electron chi connectivity index (χ1n) is 17.8. The zero-order valence-corrected chi connectivity index (χ0v) is 29.6. The normalized spacial score (nSPS) is 17.5. The monoisotopic (exact) mass is 687 g/mol. The molecule has 0 unspecified atom stereocenters. The van der Waals surface area contributed by atoms with E-state index in [0.29, 0.717) is 46.9 Å². The van der Waals surface area contributed by atoms with Crippen LogP contribution in [-0.4, -0.2) is 80.5 Å². The van der Waals surface area contributed by atoms with Crippen molar-refractivity contribution in [3.8, 4) is 17.2 Å². The summed E-state index contributed by atoms with van der Waals surface area (Å²) >= 11 is 0. The Bertz CT molecular complexity index is 1970. The van der Waals surface area contributed by atoms with Gasteiger partial charge in [0.1, 0.15) is 17.9 Å². The molecule has 0 atom stereocenters. The average molecular weight is 688 g/mol. The molecule has 10 nitrogen and oxygen atoms in total. The molecule has 0 amide bonds. The van der Waals surface area contributed by atoms with E-state index < -0.39 is 0 Å². The molecule has 0 bridgehead atoms. The number of hydrogen-bond acceptors (Lipinski definition) is 10. The number of carbonyl (C=O) groups is 2. The van der Waals surface area contributed by atoms with Crippen LogP contribution in [0.5, 0.6) is 17.2 Å². The number of fused-ring (bicyclic) bond motifs is 1. The van der Waals surface area contributed by atoms with Crippen LogP contribution in [0.25, 0.3) is 16.5 Å². The zero-order valence-electron chi connectivity index (χ0n) is 29.6. The SMILES string of the molecule is COc1ccccc1CC1CCN(c2ccc(Nc3ncnc4cc(OCC5CCN(C)CC5)c(OC)cc34)cc2C2=CC(=O)C=CC2=O)CC1. The fourth-order valence-electron chi connectivity index (χ4n) is 7.39. The third-order valence-electron chi connectivity index (χ3n) is 10.4. The van der Waals surface area contributed by atoms with Crippen LogP contribution in [0.15, 0.2) is 79.2 Å². The van der Waals surface area contributed by atoms with Gasteiger partial charge in [-0.3, -0.25) is 9.59 Å². The Balaban J connectivity index is 1.13.